The number of benzene rings is 1. The first-order valence-corrected chi connectivity index (χ1v) is 7.98. The van der Waals surface area contributed by atoms with E-state index in [4.69, 9.17) is 4.74 Å². The van der Waals surface area contributed by atoms with Crippen LogP contribution in [-0.4, -0.2) is 31.0 Å². The van der Waals surface area contributed by atoms with Crippen molar-refractivity contribution in [3.63, 3.8) is 0 Å². The summed E-state index contributed by atoms with van der Waals surface area (Å²) in [6, 6.07) is 2.10. The van der Waals surface area contributed by atoms with Gasteiger partial charge in [-0.2, -0.15) is 0 Å². The molecule has 0 aliphatic heterocycles. The largest absolute Gasteiger partial charge is 0.389 e. The average molecular weight is 366 g/mol. The van der Waals surface area contributed by atoms with Gasteiger partial charge in [0.2, 0.25) is 0 Å². The zero-order valence-corrected chi connectivity index (χ0v) is 13.8. The van der Waals surface area contributed by atoms with Crippen molar-refractivity contribution in [1.29, 1.82) is 0 Å². The summed E-state index contributed by atoms with van der Waals surface area (Å²) in [4.78, 5) is 0. The summed E-state index contributed by atoms with van der Waals surface area (Å²) in [6.07, 6.45) is 3.68. The SMILES string of the molecule is CCCCCCOCC(O)CNc1cc(F)c(Br)cc1F. The van der Waals surface area contributed by atoms with Gasteiger partial charge in [-0.05, 0) is 28.4 Å². The van der Waals surface area contributed by atoms with E-state index >= 15 is 0 Å². The second-order valence-electron chi connectivity index (χ2n) is 4.92. The van der Waals surface area contributed by atoms with Gasteiger partial charge in [-0.15, -0.1) is 0 Å². The van der Waals surface area contributed by atoms with Gasteiger partial charge in [-0.3, -0.25) is 0 Å². The minimum absolute atomic E-state index is 0.0256. The molecule has 0 radical (unpaired) electrons. The number of hydrogen-bond donors (Lipinski definition) is 2. The average Bonchev–Trinajstić information content (AvgIpc) is 2.45. The highest BCUT2D eigenvalue weighted by Crippen LogP contribution is 2.23. The molecule has 0 heterocycles. The van der Waals surface area contributed by atoms with Gasteiger partial charge >= 0.3 is 0 Å². The van der Waals surface area contributed by atoms with Crippen molar-refractivity contribution in [2.75, 3.05) is 25.1 Å². The fourth-order valence-electron chi connectivity index (χ4n) is 1.80. The molecule has 0 fully saturated rings. The van der Waals surface area contributed by atoms with Crippen LogP contribution in [0.15, 0.2) is 16.6 Å². The zero-order valence-electron chi connectivity index (χ0n) is 12.2. The zero-order chi connectivity index (χ0) is 15.7. The van der Waals surface area contributed by atoms with E-state index in [-0.39, 0.29) is 23.3 Å². The number of hydrogen-bond acceptors (Lipinski definition) is 3. The summed E-state index contributed by atoms with van der Waals surface area (Å²) in [6.45, 7) is 3.03. The number of rotatable bonds is 10. The summed E-state index contributed by atoms with van der Waals surface area (Å²) in [5.41, 5.74) is 0.0256. The maximum atomic E-state index is 13.5. The molecule has 21 heavy (non-hydrogen) atoms. The molecule has 3 nitrogen and oxygen atoms in total. The molecule has 0 aliphatic rings. The molecule has 1 atom stereocenters. The molecule has 1 aromatic carbocycles. The smallest absolute Gasteiger partial charge is 0.147 e. The van der Waals surface area contributed by atoms with E-state index in [1.807, 2.05) is 0 Å². The van der Waals surface area contributed by atoms with Gasteiger partial charge < -0.3 is 15.2 Å². The Morgan fingerprint density at radius 2 is 2.00 bits per heavy atom. The number of aliphatic hydroxyl groups is 1. The Morgan fingerprint density at radius 1 is 1.24 bits per heavy atom. The fourth-order valence-corrected chi connectivity index (χ4v) is 2.11. The molecule has 0 saturated heterocycles. The highest BCUT2D eigenvalue weighted by Gasteiger charge is 2.10. The van der Waals surface area contributed by atoms with E-state index in [9.17, 15) is 13.9 Å². The lowest BCUT2D eigenvalue weighted by molar-refractivity contribution is 0.0416. The van der Waals surface area contributed by atoms with Gasteiger partial charge in [0.05, 0.1) is 22.9 Å². The molecule has 0 bridgehead atoms. The topological polar surface area (TPSA) is 41.5 Å². The molecule has 120 valence electrons. The van der Waals surface area contributed by atoms with Gasteiger partial charge in [0.1, 0.15) is 11.6 Å². The Hall–Kier alpha value is -0.720. The van der Waals surface area contributed by atoms with Crippen LogP contribution in [0.25, 0.3) is 0 Å². The normalized spacial score (nSPS) is 12.4. The molecule has 0 aromatic heterocycles. The minimum atomic E-state index is -0.762. The van der Waals surface area contributed by atoms with Crippen LogP contribution >= 0.6 is 15.9 Å². The van der Waals surface area contributed by atoms with Crippen LogP contribution in [0.2, 0.25) is 0 Å². The predicted molar refractivity (Wildman–Crippen MR) is 83.5 cm³/mol. The van der Waals surface area contributed by atoms with E-state index in [0.717, 1.165) is 25.0 Å². The predicted octanol–water partition coefficient (Wildman–Crippen LogP) is 4.10. The van der Waals surface area contributed by atoms with Crippen LogP contribution in [0.3, 0.4) is 0 Å². The lowest BCUT2D eigenvalue weighted by Crippen LogP contribution is -2.25. The van der Waals surface area contributed by atoms with Crippen molar-refractivity contribution in [3.05, 3.63) is 28.2 Å². The van der Waals surface area contributed by atoms with Crippen molar-refractivity contribution >= 4 is 21.6 Å². The van der Waals surface area contributed by atoms with Crippen molar-refractivity contribution in [1.82, 2.24) is 0 Å². The lowest BCUT2D eigenvalue weighted by Gasteiger charge is -2.14. The van der Waals surface area contributed by atoms with Crippen LogP contribution in [0.4, 0.5) is 14.5 Å². The molecule has 0 saturated carbocycles. The summed E-state index contributed by atoms with van der Waals surface area (Å²) in [7, 11) is 0. The number of aliphatic hydroxyl groups excluding tert-OH is 1. The Morgan fingerprint density at radius 3 is 2.71 bits per heavy atom. The third-order valence-corrected chi connectivity index (χ3v) is 3.60. The van der Waals surface area contributed by atoms with Crippen LogP contribution in [-0.2, 0) is 4.74 Å². The Kier molecular flexibility index (Phi) is 8.80. The second-order valence-corrected chi connectivity index (χ2v) is 5.77. The number of ether oxygens (including phenoxy) is 1. The fraction of sp³-hybridized carbons (Fsp3) is 0.600. The minimum Gasteiger partial charge on any atom is -0.389 e. The molecule has 0 aliphatic carbocycles. The van der Waals surface area contributed by atoms with Gasteiger partial charge in [-0.1, -0.05) is 26.2 Å². The third-order valence-electron chi connectivity index (χ3n) is 2.99. The van der Waals surface area contributed by atoms with E-state index in [0.29, 0.717) is 6.61 Å². The van der Waals surface area contributed by atoms with Gasteiger partial charge in [0, 0.05) is 19.2 Å². The van der Waals surface area contributed by atoms with Gasteiger partial charge in [0.25, 0.3) is 0 Å². The van der Waals surface area contributed by atoms with Crippen molar-refractivity contribution < 1.29 is 18.6 Å². The standard InChI is InChI=1S/C15H22BrF2NO2/c1-2-3-4-5-6-21-10-11(20)9-19-15-8-13(17)12(16)7-14(15)18/h7-8,11,19-20H,2-6,9-10H2,1H3. The maximum Gasteiger partial charge on any atom is 0.147 e. The van der Waals surface area contributed by atoms with Gasteiger partial charge in [0.15, 0.2) is 0 Å². The Bertz CT molecular complexity index is 432. The first-order chi connectivity index (χ1) is 10.0. The molecule has 1 unspecified atom stereocenters. The van der Waals surface area contributed by atoms with Crippen LogP contribution in [0, 0.1) is 11.6 Å². The molecular formula is C15H22BrF2NO2. The maximum absolute atomic E-state index is 13.5. The second kappa shape index (κ2) is 10.1. The number of nitrogens with one attached hydrogen (secondary N) is 1. The molecule has 0 amide bonds. The number of unbranched alkanes of at least 4 members (excludes halogenated alkanes) is 3. The van der Waals surface area contributed by atoms with Crippen molar-refractivity contribution in [2.45, 2.75) is 38.7 Å². The summed E-state index contributed by atoms with van der Waals surface area (Å²) >= 11 is 2.91. The van der Waals surface area contributed by atoms with E-state index in [1.165, 1.54) is 12.8 Å². The molecule has 1 aromatic rings. The molecule has 1 rings (SSSR count). The summed E-state index contributed by atoms with van der Waals surface area (Å²) in [5, 5.41) is 12.4. The molecule has 0 spiro atoms. The quantitative estimate of drug-likeness (QED) is 0.484. The van der Waals surface area contributed by atoms with Crippen molar-refractivity contribution in [3.8, 4) is 0 Å². The summed E-state index contributed by atoms with van der Waals surface area (Å²) in [5.74, 6) is -1.13. The summed E-state index contributed by atoms with van der Waals surface area (Å²) < 4.78 is 32.2. The monoisotopic (exact) mass is 365 g/mol. The van der Waals surface area contributed by atoms with Crippen molar-refractivity contribution in [2.24, 2.45) is 0 Å². The van der Waals surface area contributed by atoms with Crippen LogP contribution in [0.5, 0.6) is 0 Å². The number of halogens is 3. The van der Waals surface area contributed by atoms with Gasteiger partial charge in [-0.25, -0.2) is 8.78 Å². The van der Waals surface area contributed by atoms with Crippen LogP contribution < -0.4 is 5.32 Å². The van der Waals surface area contributed by atoms with E-state index in [1.54, 1.807) is 0 Å². The first kappa shape index (κ1) is 18.3. The van der Waals surface area contributed by atoms with E-state index in [2.05, 4.69) is 28.2 Å². The number of anilines is 1. The Balaban J connectivity index is 2.24. The lowest BCUT2D eigenvalue weighted by atomic mass is 10.2. The van der Waals surface area contributed by atoms with Crippen LogP contribution in [0.1, 0.15) is 32.6 Å². The van der Waals surface area contributed by atoms with E-state index < -0.39 is 17.7 Å². The molecule has 6 heteroatoms. The first-order valence-electron chi connectivity index (χ1n) is 7.18. The molecule has 2 N–H and O–H groups in total. The Labute approximate surface area is 132 Å². The highest BCUT2D eigenvalue weighted by molar-refractivity contribution is 9.10. The highest BCUT2D eigenvalue weighted by atomic mass is 79.9. The third kappa shape index (κ3) is 7.20. The molecular weight excluding hydrogens is 344 g/mol.